The molecule has 1 saturated heterocycles. The van der Waals surface area contributed by atoms with Gasteiger partial charge in [-0.05, 0) is 30.4 Å². The number of pyridine rings is 1. The summed E-state index contributed by atoms with van der Waals surface area (Å²) in [6, 6.07) is 4.04. The predicted molar refractivity (Wildman–Crippen MR) is 57.5 cm³/mol. The molecular weight excluding hydrogens is 190 g/mol. The normalized spacial score (nSPS) is 20.1. The van der Waals surface area contributed by atoms with E-state index < -0.39 is 0 Å². The van der Waals surface area contributed by atoms with Gasteiger partial charge in [-0.2, -0.15) is 0 Å². The topological polar surface area (TPSA) is 31.4 Å². The highest BCUT2D eigenvalue weighted by Crippen LogP contribution is 2.31. The average molecular weight is 207 g/mol. The lowest BCUT2D eigenvalue weighted by molar-refractivity contribution is -0.0146. The quantitative estimate of drug-likeness (QED) is 0.761. The zero-order chi connectivity index (χ0) is 10.5. The van der Waals surface area contributed by atoms with E-state index in [1.54, 1.807) is 13.3 Å². The van der Waals surface area contributed by atoms with Gasteiger partial charge in [0.2, 0.25) is 0 Å². The maximum atomic E-state index is 5.58. The highest BCUT2D eigenvalue weighted by molar-refractivity contribution is 5.13. The lowest BCUT2D eigenvalue weighted by Crippen LogP contribution is -2.23. The van der Waals surface area contributed by atoms with E-state index in [0.717, 1.165) is 26.1 Å². The van der Waals surface area contributed by atoms with E-state index in [1.165, 1.54) is 5.56 Å². The molecule has 3 nitrogen and oxygen atoms in total. The van der Waals surface area contributed by atoms with Crippen molar-refractivity contribution in [3.8, 4) is 0 Å². The van der Waals surface area contributed by atoms with E-state index in [2.05, 4.69) is 11.1 Å². The minimum absolute atomic E-state index is 0.169. The van der Waals surface area contributed by atoms with E-state index in [0.29, 0.717) is 5.92 Å². The summed E-state index contributed by atoms with van der Waals surface area (Å²) in [7, 11) is 1.77. The van der Waals surface area contributed by atoms with Crippen molar-refractivity contribution in [1.82, 2.24) is 4.98 Å². The van der Waals surface area contributed by atoms with Gasteiger partial charge in [-0.3, -0.25) is 4.98 Å². The molecule has 0 bridgehead atoms. The summed E-state index contributed by atoms with van der Waals surface area (Å²) in [6.45, 7) is 1.70. The highest BCUT2D eigenvalue weighted by Gasteiger charge is 2.25. The first kappa shape index (κ1) is 10.6. The molecule has 0 saturated carbocycles. The molecular formula is C12H17NO2. The van der Waals surface area contributed by atoms with Crippen LogP contribution >= 0.6 is 0 Å². The Labute approximate surface area is 90.4 Å². The minimum atomic E-state index is 0.169. The maximum Gasteiger partial charge on any atom is 0.0865 e. The SMILES string of the molecule is COC(c1cccnc1)C1CCOCC1. The number of ether oxygens (including phenoxy) is 2. The lowest BCUT2D eigenvalue weighted by atomic mass is 9.90. The minimum Gasteiger partial charge on any atom is -0.381 e. The Morgan fingerprint density at radius 2 is 2.27 bits per heavy atom. The second kappa shape index (κ2) is 5.24. The van der Waals surface area contributed by atoms with Crippen molar-refractivity contribution in [1.29, 1.82) is 0 Å². The third kappa shape index (κ3) is 2.55. The molecule has 2 heterocycles. The number of nitrogens with zero attached hydrogens (tertiary/aromatic N) is 1. The summed E-state index contributed by atoms with van der Waals surface area (Å²) < 4.78 is 10.9. The van der Waals surface area contributed by atoms with Crippen molar-refractivity contribution < 1.29 is 9.47 Å². The number of hydrogen-bond acceptors (Lipinski definition) is 3. The van der Waals surface area contributed by atoms with Crippen LogP contribution in [0, 0.1) is 5.92 Å². The first-order valence-electron chi connectivity index (χ1n) is 5.42. The predicted octanol–water partition coefficient (Wildman–Crippen LogP) is 2.20. The molecule has 1 atom stereocenters. The fourth-order valence-corrected chi connectivity index (χ4v) is 2.16. The summed E-state index contributed by atoms with van der Waals surface area (Å²) in [5.41, 5.74) is 1.17. The van der Waals surface area contributed by atoms with Crippen molar-refractivity contribution in [2.24, 2.45) is 5.92 Å². The van der Waals surface area contributed by atoms with Gasteiger partial charge in [0.25, 0.3) is 0 Å². The van der Waals surface area contributed by atoms with Crippen molar-refractivity contribution in [2.45, 2.75) is 18.9 Å². The van der Waals surface area contributed by atoms with Crippen LogP contribution in [-0.2, 0) is 9.47 Å². The van der Waals surface area contributed by atoms with Gasteiger partial charge in [-0.1, -0.05) is 6.07 Å². The van der Waals surface area contributed by atoms with Gasteiger partial charge in [-0.25, -0.2) is 0 Å². The van der Waals surface area contributed by atoms with Crippen LogP contribution in [-0.4, -0.2) is 25.3 Å². The van der Waals surface area contributed by atoms with E-state index in [1.807, 2.05) is 12.3 Å². The van der Waals surface area contributed by atoms with Gasteiger partial charge in [0.1, 0.15) is 0 Å². The van der Waals surface area contributed by atoms with Crippen LogP contribution < -0.4 is 0 Å². The molecule has 1 fully saturated rings. The summed E-state index contributed by atoms with van der Waals surface area (Å²) in [6.07, 6.45) is 6.01. The van der Waals surface area contributed by atoms with Gasteiger partial charge >= 0.3 is 0 Å². The largest absolute Gasteiger partial charge is 0.381 e. The summed E-state index contributed by atoms with van der Waals surface area (Å²) in [5.74, 6) is 0.563. The van der Waals surface area contributed by atoms with Crippen LogP contribution in [0.4, 0.5) is 0 Å². The van der Waals surface area contributed by atoms with E-state index in [-0.39, 0.29) is 6.10 Å². The molecule has 1 aromatic heterocycles. The summed E-state index contributed by atoms with van der Waals surface area (Å²) in [5, 5.41) is 0. The Hall–Kier alpha value is -0.930. The molecule has 0 spiro atoms. The Bertz CT molecular complexity index is 283. The first-order valence-corrected chi connectivity index (χ1v) is 5.42. The molecule has 0 N–H and O–H groups in total. The van der Waals surface area contributed by atoms with Gasteiger partial charge < -0.3 is 9.47 Å². The van der Waals surface area contributed by atoms with Crippen molar-refractivity contribution in [2.75, 3.05) is 20.3 Å². The molecule has 1 aliphatic rings. The number of aromatic nitrogens is 1. The van der Waals surface area contributed by atoms with Crippen LogP contribution in [0.2, 0.25) is 0 Å². The van der Waals surface area contributed by atoms with Gasteiger partial charge in [-0.15, -0.1) is 0 Å². The lowest BCUT2D eigenvalue weighted by Gasteiger charge is -2.29. The van der Waals surface area contributed by atoms with Crippen LogP contribution in [0.1, 0.15) is 24.5 Å². The molecule has 0 aliphatic carbocycles. The molecule has 82 valence electrons. The second-order valence-electron chi connectivity index (χ2n) is 3.89. The molecule has 1 aliphatic heterocycles. The molecule has 0 radical (unpaired) electrons. The van der Waals surface area contributed by atoms with Gasteiger partial charge in [0, 0.05) is 32.7 Å². The van der Waals surface area contributed by atoms with Crippen LogP contribution in [0.3, 0.4) is 0 Å². The van der Waals surface area contributed by atoms with Crippen LogP contribution in [0.5, 0.6) is 0 Å². The summed E-state index contributed by atoms with van der Waals surface area (Å²) in [4.78, 5) is 4.14. The molecule has 1 unspecified atom stereocenters. The second-order valence-corrected chi connectivity index (χ2v) is 3.89. The monoisotopic (exact) mass is 207 g/mol. The zero-order valence-corrected chi connectivity index (χ0v) is 9.06. The van der Waals surface area contributed by atoms with E-state index >= 15 is 0 Å². The van der Waals surface area contributed by atoms with Crippen LogP contribution in [0.15, 0.2) is 24.5 Å². The number of hydrogen-bond donors (Lipinski definition) is 0. The summed E-state index contributed by atoms with van der Waals surface area (Å²) >= 11 is 0. The standard InChI is InChI=1S/C12H17NO2/c1-14-12(10-4-7-15-8-5-10)11-3-2-6-13-9-11/h2-3,6,9-10,12H,4-5,7-8H2,1H3. The molecule has 15 heavy (non-hydrogen) atoms. The smallest absolute Gasteiger partial charge is 0.0865 e. The first-order chi connectivity index (χ1) is 7.42. The Balaban J connectivity index is 2.09. The number of methoxy groups -OCH3 is 1. The third-order valence-corrected chi connectivity index (χ3v) is 2.96. The van der Waals surface area contributed by atoms with Crippen molar-refractivity contribution >= 4 is 0 Å². The van der Waals surface area contributed by atoms with E-state index in [9.17, 15) is 0 Å². The fraction of sp³-hybridized carbons (Fsp3) is 0.583. The van der Waals surface area contributed by atoms with Crippen molar-refractivity contribution in [3.05, 3.63) is 30.1 Å². The van der Waals surface area contributed by atoms with Crippen molar-refractivity contribution in [3.63, 3.8) is 0 Å². The Morgan fingerprint density at radius 3 is 2.87 bits per heavy atom. The molecule has 0 aromatic carbocycles. The van der Waals surface area contributed by atoms with Gasteiger partial charge in [0.05, 0.1) is 6.10 Å². The number of rotatable bonds is 3. The third-order valence-electron chi connectivity index (χ3n) is 2.96. The Kier molecular flexibility index (Phi) is 3.69. The molecule has 1 aromatic rings. The molecule has 2 rings (SSSR count). The van der Waals surface area contributed by atoms with Gasteiger partial charge in [0.15, 0.2) is 0 Å². The van der Waals surface area contributed by atoms with E-state index in [4.69, 9.17) is 9.47 Å². The highest BCUT2D eigenvalue weighted by atomic mass is 16.5. The zero-order valence-electron chi connectivity index (χ0n) is 9.06. The Morgan fingerprint density at radius 1 is 1.47 bits per heavy atom. The van der Waals surface area contributed by atoms with Crippen LogP contribution in [0.25, 0.3) is 0 Å². The molecule has 0 amide bonds. The molecule has 3 heteroatoms. The maximum absolute atomic E-state index is 5.58. The fourth-order valence-electron chi connectivity index (χ4n) is 2.16. The average Bonchev–Trinajstić information content (AvgIpc) is 2.33.